The SMILES string of the molecule is CCCCC(=O)CCCCCCCCN. The largest absolute Gasteiger partial charge is 0.330 e. The Hall–Kier alpha value is -0.370. The van der Waals surface area contributed by atoms with Gasteiger partial charge in [0.2, 0.25) is 0 Å². The van der Waals surface area contributed by atoms with Crippen molar-refractivity contribution < 1.29 is 4.79 Å². The van der Waals surface area contributed by atoms with E-state index in [2.05, 4.69) is 6.92 Å². The minimum Gasteiger partial charge on any atom is -0.330 e. The van der Waals surface area contributed by atoms with Crippen molar-refractivity contribution in [2.45, 2.75) is 71.1 Å². The Morgan fingerprint density at radius 3 is 2.00 bits per heavy atom. The van der Waals surface area contributed by atoms with E-state index in [1.54, 1.807) is 0 Å². The van der Waals surface area contributed by atoms with Crippen molar-refractivity contribution >= 4 is 5.78 Å². The Bertz CT molecular complexity index is 145. The van der Waals surface area contributed by atoms with Crippen molar-refractivity contribution in [2.24, 2.45) is 5.73 Å². The third kappa shape index (κ3) is 11.6. The fourth-order valence-electron chi connectivity index (χ4n) is 1.67. The van der Waals surface area contributed by atoms with E-state index in [9.17, 15) is 4.79 Å². The first kappa shape index (κ1) is 14.6. The van der Waals surface area contributed by atoms with Gasteiger partial charge in [0.25, 0.3) is 0 Å². The molecule has 0 aliphatic carbocycles. The minimum absolute atomic E-state index is 0.457. The summed E-state index contributed by atoms with van der Waals surface area (Å²) in [6.07, 6.45) is 11.0. The summed E-state index contributed by atoms with van der Waals surface area (Å²) in [7, 11) is 0. The maximum atomic E-state index is 11.3. The lowest BCUT2D eigenvalue weighted by atomic mass is 10.0. The third-order valence-electron chi connectivity index (χ3n) is 2.72. The number of rotatable bonds is 11. The average Bonchev–Trinajstić information content (AvgIpc) is 2.25. The molecule has 0 bridgehead atoms. The molecule has 0 saturated carbocycles. The van der Waals surface area contributed by atoms with Gasteiger partial charge in [-0.3, -0.25) is 4.79 Å². The maximum Gasteiger partial charge on any atom is 0.132 e. The summed E-state index contributed by atoms with van der Waals surface area (Å²) in [6, 6.07) is 0. The molecule has 2 heteroatoms. The number of ketones is 1. The number of hydrogen-bond donors (Lipinski definition) is 1. The maximum absolute atomic E-state index is 11.3. The number of unbranched alkanes of at least 4 members (excludes halogenated alkanes) is 6. The lowest BCUT2D eigenvalue weighted by molar-refractivity contribution is -0.119. The van der Waals surface area contributed by atoms with Crippen molar-refractivity contribution in [2.75, 3.05) is 6.54 Å². The van der Waals surface area contributed by atoms with Crippen LogP contribution in [0.3, 0.4) is 0 Å². The van der Waals surface area contributed by atoms with E-state index in [1.165, 1.54) is 25.7 Å². The Balaban J connectivity index is 3.06. The van der Waals surface area contributed by atoms with Crippen LogP contribution in [0, 0.1) is 0 Å². The highest BCUT2D eigenvalue weighted by molar-refractivity contribution is 5.78. The molecule has 0 aliphatic heterocycles. The van der Waals surface area contributed by atoms with Crippen LogP contribution in [0.5, 0.6) is 0 Å². The van der Waals surface area contributed by atoms with Crippen molar-refractivity contribution in [1.29, 1.82) is 0 Å². The molecule has 0 aromatic heterocycles. The van der Waals surface area contributed by atoms with E-state index < -0.39 is 0 Å². The van der Waals surface area contributed by atoms with Crippen molar-refractivity contribution in [3.63, 3.8) is 0 Å². The summed E-state index contributed by atoms with van der Waals surface area (Å²) in [5, 5.41) is 0. The molecule has 0 heterocycles. The molecular formula is C13H27NO. The van der Waals surface area contributed by atoms with Gasteiger partial charge in [-0.1, -0.05) is 39.0 Å². The fraction of sp³-hybridized carbons (Fsp3) is 0.923. The van der Waals surface area contributed by atoms with Crippen LogP contribution in [0.15, 0.2) is 0 Å². The number of hydrogen-bond acceptors (Lipinski definition) is 2. The monoisotopic (exact) mass is 213 g/mol. The molecule has 15 heavy (non-hydrogen) atoms. The van der Waals surface area contributed by atoms with Crippen molar-refractivity contribution in [1.82, 2.24) is 0 Å². The zero-order valence-corrected chi connectivity index (χ0v) is 10.3. The number of Topliss-reactive ketones (excluding diaryl/α,β-unsaturated/α-hetero) is 1. The summed E-state index contributed by atoms with van der Waals surface area (Å²) >= 11 is 0. The van der Waals surface area contributed by atoms with Gasteiger partial charge in [-0.05, 0) is 25.8 Å². The van der Waals surface area contributed by atoms with Crippen LogP contribution in [0.4, 0.5) is 0 Å². The highest BCUT2D eigenvalue weighted by Gasteiger charge is 2.00. The Morgan fingerprint density at radius 1 is 0.867 bits per heavy atom. The Kier molecular flexibility index (Phi) is 11.4. The van der Waals surface area contributed by atoms with E-state index in [4.69, 9.17) is 5.73 Å². The van der Waals surface area contributed by atoms with E-state index in [1.807, 2.05) is 0 Å². The van der Waals surface area contributed by atoms with Gasteiger partial charge < -0.3 is 5.73 Å². The predicted molar refractivity (Wildman–Crippen MR) is 65.9 cm³/mol. The normalized spacial score (nSPS) is 10.5. The zero-order chi connectivity index (χ0) is 11.4. The van der Waals surface area contributed by atoms with Crippen molar-refractivity contribution in [3.05, 3.63) is 0 Å². The summed E-state index contributed by atoms with van der Waals surface area (Å²) in [6.45, 7) is 2.94. The molecule has 0 unspecified atom stereocenters. The predicted octanol–water partition coefficient (Wildman–Crippen LogP) is 3.44. The minimum atomic E-state index is 0.457. The quantitative estimate of drug-likeness (QED) is 0.534. The smallest absolute Gasteiger partial charge is 0.132 e. The second-order valence-electron chi connectivity index (χ2n) is 4.30. The molecule has 0 spiro atoms. The van der Waals surface area contributed by atoms with Gasteiger partial charge in [0.1, 0.15) is 5.78 Å². The molecule has 2 N–H and O–H groups in total. The highest BCUT2D eigenvalue weighted by Crippen LogP contribution is 2.08. The van der Waals surface area contributed by atoms with Gasteiger partial charge in [-0.2, -0.15) is 0 Å². The van der Waals surface area contributed by atoms with Gasteiger partial charge >= 0.3 is 0 Å². The Labute approximate surface area is 94.6 Å². The molecule has 0 rings (SSSR count). The van der Waals surface area contributed by atoms with Crippen LogP contribution in [0.2, 0.25) is 0 Å². The summed E-state index contributed by atoms with van der Waals surface area (Å²) in [5.41, 5.74) is 5.41. The number of nitrogens with two attached hydrogens (primary N) is 1. The Morgan fingerprint density at radius 2 is 1.40 bits per heavy atom. The van der Waals surface area contributed by atoms with E-state index in [-0.39, 0.29) is 0 Å². The van der Waals surface area contributed by atoms with E-state index in [0.29, 0.717) is 5.78 Å². The van der Waals surface area contributed by atoms with Crippen LogP contribution in [0.25, 0.3) is 0 Å². The van der Waals surface area contributed by atoms with Gasteiger partial charge in [0.05, 0.1) is 0 Å². The molecule has 0 aromatic rings. The summed E-state index contributed by atoms with van der Waals surface area (Å²) in [4.78, 5) is 11.3. The second-order valence-corrected chi connectivity index (χ2v) is 4.30. The molecule has 2 nitrogen and oxygen atoms in total. The second kappa shape index (κ2) is 11.7. The zero-order valence-electron chi connectivity index (χ0n) is 10.3. The van der Waals surface area contributed by atoms with Crippen LogP contribution in [0.1, 0.15) is 71.1 Å². The van der Waals surface area contributed by atoms with Crippen LogP contribution in [-0.4, -0.2) is 12.3 Å². The standard InChI is InChI=1S/C13H27NO/c1-2-3-10-13(15)11-8-6-4-5-7-9-12-14/h2-12,14H2,1H3. The van der Waals surface area contributed by atoms with Crippen molar-refractivity contribution in [3.8, 4) is 0 Å². The first-order valence-corrected chi connectivity index (χ1v) is 6.53. The highest BCUT2D eigenvalue weighted by atomic mass is 16.1. The number of carbonyl (C=O) groups is 1. The molecule has 0 saturated heterocycles. The molecule has 90 valence electrons. The lowest BCUT2D eigenvalue weighted by Crippen LogP contribution is -1.98. The molecule has 0 fully saturated rings. The van der Waals surface area contributed by atoms with E-state index >= 15 is 0 Å². The third-order valence-corrected chi connectivity index (χ3v) is 2.72. The molecule has 0 radical (unpaired) electrons. The first-order chi connectivity index (χ1) is 7.31. The summed E-state index contributed by atoms with van der Waals surface area (Å²) < 4.78 is 0. The van der Waals surface area contributed by atoms with Gasteiger partial charge in [-0.15, -0.1) is 0 Å². The summed E-state index contributed by atoms with van der Waals surface area (Å²) in [5.74, 6) is 0.457. The molecule has 0 aliphatic rings. The van der Waals surface area contributed by atoms with E-state index in [0.717, 1.165) is 45.1 Å². The lowest BCUT2D eigenvalue weighted by Gasteiger charge is -2.01. The molecule has 0 amide bonds. The van der Waals surface area contributed by atoms with Gasteiger partial charge in [0.15, 0.2) is 0 Å². The molecule has 0 atom stereocenters. The fourth-order valence-corrected chi connectivity index (χ4v) is 1.67. The van der Waals surface area contributed by atoms with Crippen LogP contribution in [-0.2, 0) is 4.79 Å². The number of carbonyl (C=O) groups excluding carboxylic acids is 1. The topological polar surface area (TPSA) is 43.1 Å². The van der Waals surface area contributed by atoms with Gasteiger partial charge in [0, 0.05) is 12.8 Å². The molecule has 0 aromatic carbocycles. The van der Waals surface area contributed by atoms with Gasteiger partial charge in [-0.25, -0.2) is 0 Å². The van der Waals surface area contributed by atoms with Crippen LogP contribution >= 0.6 is 0 Å². The first-order valence-electron chi connectivity index (χ1n) is 6.53. The molecular weight excluding hydrogens is 186 g/mol. The average molecular weight is 213 g/mol. The van der Waals surface area contributed by atoms with Crippen LogP contribution < -0.4 is 5.73 Å².